The molecule has 3 N–H and O–H groups in total. The van der Waals surface area contributed by atoms with Crippen molar-refractivity contribution in [1.82, 2.24) is 0 Å². The Bertz CT molecular complexity index is 113. The summed E-state index contributed by atoms with van der Waals surface area (Å²) >= 11 is 0. The van der Waals surface area contributed by atoms with E-state index in [4.69, 9.17) is 10.8 Å². The SMILES string of the molecule is N[C@H]1C[C@@H](O)CC1=O. The lowest BCUT2D eigenvalue weighted by atomic mass is 10.3. The molecule has 1 aliphatic carbocycles. The molecule has 46 valence electrons. The molecule has 1 saturated carbocycles. The van der Waals surface area contributed by atoms with Gasteiger partial charge >= 0.3 is 0 Å². The van der Waals surface area contributed by atoms with Gasteiger partial charge in [0.25, 0.3) is 0 Å². The second-order valence-corrected chi connectivity index (χ2v) is 2.17. The van der Waals surface area contributed by atoms with Gasteiger partial charge in [-0.15, -0.1) is 0 Å². The molecule has 3 heteroatoms. The monoisotopic (exact) mass is 115 g/mol. The Labute approximate surface area is 47.5 Å². The van der Waals surface area contributed by atoms with Crippen molar-refractivity contribution in [3.05, 3.63) is 0 Å². The van der Waals surface area contributed by atoms with Crippen LogP contribution in [0.4, 0.5) is 0 Å². The summed E-state index contributed by atoms with van der Waals surface area (Å²) in [5.74, 6) is -0.0162. The van der Waals surface area contributed by atoms with Crippen molar-refractivity contribution in [1.29, 1.82) is 0 Å². The maximum atomic E-state index is 10.5. The molecule has 0 aromatic heterocycles. The van der Waals surface area contributed by atoms with Gasteiger partial charge in [0.05, 0.1) is 12.1 Å². The van der Waals surface area contributed by atoms with E-state index in [-0.39, 0.29) is 12.2 Å². The first-order valence-electron chi connectivity index (χ1n) is 2.66. The van der Waals surface area contributed by atoms with Crippen LogP contribution in [0.2, 0.25) is 0 Å². The van der Waals surface area contributed by atoms with Crippen LogP contribution in [0.15, 0.2) is 0 Å². The Morgan fingerprint density at radius 1 is 1.75 bits per heavy atom. The van der Waals surface area contributed by atoms with Crippen molar-refractivity contribution in [3.63, 3.8) is 0 Å². The molecular formula is C5H9NO2. The average Bonchev–Trinajstić information content (AvgIpc) is 1.85. The number of aliphatic hydroxyl groups excluding tert-OH is 1. The first kappa shape index (κ1) is 5.72. The van der Waals surface area contributed by atoms with Crippen molar-refractivity contribution < 1.29 is 9.90 Å². The third-order valence-electron chi connectivity index (χ3n) is 1.38. The van der Waals surface area contributed by atoms with Crippen molar-refractivity contribution in [3.8, 4) is 0 Å². The summed E-state index contributed by atoms with van der Waals surface area (Å²) in [7, 11) is 0. The predicted molar refractivity (Wildman–Crippen MR) is 28.2 cm³/mol. The number of rotatable bonds is 0. The van der Waals surface area contributed by atoms with Gasteiger partial charge in [0.1, 0.15) is 0 Å². The fraction of sp³-hybridized carbons (Fsp3) is 0.800. The number of hydrogen-bond donors (Lipinski definition) is 2. The first-order chi connectivity index (χ1) is 3.70. The summed E-state index contributed by atoms with van der Waals surface area (Å²) in [6, 6.07) is -0.398. The van der Waals surface area contributed by atoms with Gasteiger partial charge in [0.2, 0.25) is 0 Å². The maximum Gasteiger partial charge on any atom is 0.152 e. The van der Waals surface area contributed by atoms with Gasteiger partial charge in [0, 0.05) is 6.42 Å². The Kier molecular flexibility index (Phi) is 1.31. The van der Waals surface area contributed by atoms with Gasteiger partial charge in [-0.1, -0.05) is 0 Å². The number of hydrogen-bond acceptors (Lipinski definition) is 3. The van der Waals surface area contributed by atoms with Gasteiger partial charge in [-0.05, 0) is 6.42 Å². The zero-order valence-electron chi connectivity index (χ0n) is 4.50. The van der Waals surface area contributed by atoms with Gasteiger partial charge in [0.15, 0.2) is 5.78 Å². The molecular weight excluding hydrogens is 106 g/mol. The minimum Gasteiger partial charge on any atom is -0.393 e. The largest absolute Gasteiger partial charge is 0.393 e. The molecule has 1 fully saturated rings. The number of carbonyl (C=O) groups is 1. The highest BCUT2D eigenvalue weighted by Crippen LogP contribution is 2.12. The molecule has 0 spiro atoms. The highest BCUT2D eigenvalue weighted by atomic mass is 16.3. The highest BCUT2D eigenvalue weighted by molar-refractivity contribution is 5.86. The molecule has 0 heterocycles. The Morgan fingerprint density at radius 2 is 2.38 bits per heavy atom. The van der Waals surface area contributed by atoms with Crippen LogP contribution in [-0.2, 0) is 4.79 Å². The van der Waals surface area contributed by atoms with Gasteiger partial charge in [-0.25, -0.2) is 0 Å². The van der Waals surface area contributed by atoms with Gasteiger partial charge < -0.3 is 10.8 Å². The Balaban J connectivity index is 2.51. The van der Waals surface area contributed by atoms with Crippen LogP contribution < -0.4 is 5.73 Å². The summed E-state index contributed by atoms with van der Waals surface area (Å²) in [4.78, 5) is 10.5. The zero-order valence-corrected chi connectivity index (χ0v) is 4.50. The standard InChI is InChI=1S/C5H9NO2/c6-4-1-3(7)2-5(4)8/h3-4,7H,1-2,6H2/t3-,4+/m1/s1. The Morgan fingerprint density at radius 3 is 2.50 bits per heavy atom. The zero-order chi connectivity index (χ0) is 6.15. The van der Waals surface area contributed by atoms with E-state index >= 15 is 0 Å². The summed E-state index contributed by atoms with van der Waals surface area (Å²) in [6.07, 6.45) is 0.220. The molecule has 0 aromatic rings. The molecule has 8 heavy (non-hydrogen) atoms. The molecule has 0 unspecified atom stereocenters. The quantitative estimate of drug-likeness (QED) is 0.427. The van der Waals surface area contributed by atoms with Crippen LogP contribution in [0.1, 0.15) is 12.8 Å². The molecule has 0 aromatic carbocycles. The lowest BCUT2D eigenvalue weighted by Gasteiger charge is -1.94. The molecule has 0 bridgehead atoms. The van der Waals surface area contributed by atoms with Crippen LogP contribution in [0, 0.1) is 0 Å². The van der Waals surface area contributed by atoms with Crippen LogP contribution >= 0.6 is 0 Å². The van der Waals surface area contributed by atoms with Crippen molar-refractivity contribution in [2.45, 2.75) is 25.0 Å². The smallest absolute Gasteiger partial charge is 0.152 e. The summed E-state index contributed by atoms with van der Waals surface area (Å²) in [5.41, 5.74) is 5.26. The van der Waals surface area contributed by atoms with E-state index in [0.29, 0.717) is 6.42 Å². The molecule has 1 aliphatic rings. The highest BCUT2D eigenvalue weighted by Gasteiger charge is 2.27. The number of nitrogens with two attached hydrogens (primary N) is 1. The third kappa shape index (κ3) is 0.877. The van der Waals surface area contributed by atoms with E-state index in [0.717, 1.165) is 0 Å². The average molecular weight is 115 g/mol. The van der Waals surface area contributed by atoms with E-state index < -0.39 is 12.1 Å². The van der Waals surface area contributed by atoms with E-state index in [9.17, 15) is 4.79 Å². The fourth-order valence-corrected chi connectivity index (χ4v) is 0.892. The van der Waals surface area contributed by atoms with E-state index in [1.807, 2.05) is 0 Å². The molecule has 3 nitrogen and oxygen atoms in total. The summed E-state index contributed by atoms with van der Waals surface area (Å²) < 4.78 is 0. The normalized spacial score (nSPS) is 38.5. The van der Waals surface area contributed by atoms with Crippen LogP contribution in [0.3, 0.4) is 0 Å². The first-order valence-corrected chi connectivity index (χ1v) is 2.66. The number of carbonyl (C=O) groups excluding carboxylic acids is 1. The molecule has 1 rings (SSSR count). The molecule has 0 radical (unpaired) electrons. The molecule has 0 aliphatic heterocycles. The molecule has 0 saturated heterocycles. The summed E-state index contributed by atoms with van der Waals surface area (Å²) in [5, 5.41) is 8.77. The molecule has 2 atom stereocenters. The van der Waals surface area contributed by atoms with Gasteiger partial charge in [-0.2, -0.15) is 0 Å². The topological polar surface area (TPSA) is 63.3 Å². The minimum absolute atomic E-state index is 0.0162. The van der Waals surface area contributed by atoms with Crippen molar-refractivity contribution in [2.24, 2.45) is 5.73 Å². The Hall–Kier alpha value is -0.410. The second-order valence-electron chi connectivity index (χ2n) is 2.17. The third-order valence-corrected chi connectivity index (χ3v) is 1.38. The lowest BCUT2D eigenvalue weighted by Crippen LogP contribution is -2.23. The minimum atomic E-state index is -0.475. The van der Waals surface area contributed by atoms with Gasteiger partial charge in [-0.3, -0.25) is 4.79 Å². The molecule has 0 amide bonds. The van der Waals surface area contributed by atoms with Crippen molar-refractivity contribution in [2.75, 3.05) is 0 Å². The van der Waals surface area contributed by atoms with E-state index in [2.05, 4.69) is 0 Å². The maximum absolute atomic E-state index is 10.5. The lowest BCUT2D eigenvalue weighted by molar-refractivity contribution is -0.118. The van der Waals surface area contributed by atoms with Crippen LogP contribution in [0.25, 0.3) is 0 Å². The fourth-order valence-electron chi connectivity index (χ4n) is 0.892. The number of Topliss-reactive ketones (excluding diaryl/α,β-unsaturated/α-hetero) is 1. The second kappa shape index (κ2) is 1.84. The number of ketones is 1. The van der Waals surface area contributed by atoms with E-state index in [1.54, 1.807) is 0 Å². The van der Waals surface area contributed by atoms with E-state index in [1.165, 1.54) is 0 Å². The van der Waals surface area contributed by atoms with Crippen LogP contribution in [-0.4, -0.2) is 23.0 Å². The van der Waals surface area contributed by atoms with Crippen molar-refractivity contribution >= 4 is 5.78 Å². The summed E-state index contributed by atoms with van der Waals surface area (Å²) in [6.45, 7) is 0. The predicted octanol–water partition coefficient (Wildman–Crippen LogP) is -0.963. The van der Waals surface area contributed by atoms with Crippen LogP contribution in [0.5, 0.6) is 0 Å². The number of aliphatic hydroxyl groups is 1.